The van der Waals surface area contributed by atoms with Gasteiger partial charge in [-0.2, -0.15) is 0 Å². The second-order valence-electron chi connectivity index (χ2n) is 5.64. The standard InChI is InChI=1S/C13H27N3O.ClH/c1-12(17)10-15-6-8-16(9-7-15)11-13-2-4-14-5-3-13;/h12-14,17H,2-11H2,1H3;1H/t12-;/m0./s1. The van der Waals surface area contributed by atoms with E-state index in [1.807, 2.05) is 6.92 Å². The van der Waals surface area contributed by atoms with Crippen LogP contribution < -0.4 is 5.32 Å². The van der Waals surface area contributed by atoms with Gasteiger partial charge in [-0.3, -0.25) is 4.90 Å². The van der Waals surface area contributed by atoms with Gasteiger partial charge in [-0.05, 0) is 38.8 Å². The van der Waals surface area contributed by atoms with E-state index in [1.165, 1.54) is 45.6 Å². The van der Waals surface area contributed by atoms with Crippen molar-refractivity contribution < 1.29 is 5.11 Å². The van der Waals surface area contributed by atoms with E-state index in [1.54, 1.807) is 0 Å². The van der Waals surface area contributed by atoms with Gasteiger partial charge in [0, 0.05) is 39.3 Å². The van der Waals surface area contributed by atoms with E-state index in [-0.39, 0.29) is 18.5 Å². The molecule has 2 N–H and O–H groups in total. The minimum Gasteiger partial charge on any atom is -0.392 e. The second kappa shape index (κ2) is 8.33. The number of aliphatic hydroxyl groups is 1. The number of piperidine rings is 1. The Hall–Kier alpha value is 0.130. The number of aliphatic hydroxyl groups excluding tert-OH is 1. The molecule has 108 valence electrons. The predicted molar refractivity (Wildman–Crippen MR) is 77.4 cm³/mol. The quantitative estimate of drug-likeness (QED) is 0.781. The lowest BCUT2D eigenvalue weighted by Gasteiger charge is -2.37. The molecule has 2 rings (SSSR count). The molecule has 18 heavy (non-hydrogen) atoms. The van der Waals surface area contributed by atoms with Gasteiger partial charge in [0.15, 0.2) is 0 Å². The number of piperazine rings is 1. The maximum atomic E-state index is 9.37. The SMILES string of the molecule is C[C@H](O)CN1CCN(CC2CCNCC2)CC1.Cl. The first-order chi connectivity index (χ1) is 8.24. The number of halogens is 1. The molecule has 2 heterocycles. The lowest BCUT2D eigenvalue weighted by Crippen LogP contribution is -2.49. The monoisotopic (exact) mass is 277 g/mol. The van der Waals surface area contributed by atoms with Crippen molar-refractivity contribution in [2.24, 2.45) is 5.92 Å². The smallest absolute Gasteiger partial charge is 0.0639 e. The van der Waals surface area contributed by atoms with Crippen LogP contribution in [0.4, 0.5) is 0 Å². The molecule has 0 radical (unpaired) electrons. The summed E-state index contributed by atoms with van der Waals surface area (Å²) in [5, 5.41) is 12.8. The zero-order valence-corrected chi connectivity index (χ0v) is 12.3. The van der Waals surface area contributed by atoms with Crippen molar-refractivity contribution in [3.05, 3.63) is 0 Å². The van der Waals surface area contributed by atoms with Crippen molar-refractivity contribution in [1.29, 1.82) is 0 Å². The van der Waals surface area contributed by atoms with Gasteiger partial charge in [0.2, 0.25) is 0 Å². The minimum atomic E-state index is -0.189. The molecule has 5 heteroatoms. The Kier molecular flexibility index (Phi) is 7.49. The Morgan fingerprint density at radius 2 is 1.67 bits per heavy atom. The van der Waals surface area contributed by atoms with Crippen LogP contribution >= 0.6 is 12.4 Å². The second-order valence-corrected chi connectivity index (χ2v) is 5.64. The molecule has 0 unspecified atom stereocenters. The summed E-state index contributed by atoms with van der Waals surface area (Å²) in [6.07, 6.45) is 2.49. The Labute approximate surface area is 117 Å². The van der Waals surface area contributed by atoms with Gasteiger partial charge < -0.3 is 15.3 Å². The normalized spacial score (nSPS) is 25.7. The van der Waals surface area contributed by atoms with Crippen LogP contribution in [0.1, 0.15) is 19.8 Å². The summed E-state index contributed by atoms with van der Waals surface area (Å²) in [5.74, 6) is 0.902. The molecule has 2 aliphatic rings. The fraction of sp³-hybridized carbons (Fsp3) is 1.00. The fourth-order valence-corrected chi connectivity index (χ4v) is 2.96. The summed E-state index contributed by atoms with van der Waals surface area (Å²) in [6, 6.07) is 0. The lowest BCUT2D eigenvalue weighted by molar-refractivity contribution is 0.0718. The van der Waals surface area contributed by atoms with Crippen molar-refractivity contribution >= 4 is 12.4 Å². The Balaban J connectivity index is 0.00000162. The van der Waals surface area contributed by atoms with Gasteiger partial charge in [-0.25, -0.2) is 0 Å². The molecule has 0 bridgehead atoms. The summed E-state index contributed by atoms with van der Waals surface area (Å²) >= 11 is 0. The molecule has 0 aromatic rings. The van der Waals surface area contributed by atoms with Crippen LogP contribution in [-0.2, 0) is 0 Å². The van der Waals surface area contributed by atoms with Gasteiger partial charge in [0.05, 0.1) is 6.10 Å². The third kappa shape index (κ3) is 5.41. The average molecular weight is 278 g/mol. The maximum Gasteiger partial charge on any atom is 0.0639 e. The van der Waals surface area contributed by atoms with Crippen LogP contribution in [0.3, 0.4) is 0 Å². The van der Waals surface area contributed by atoms with Gasteiger partial charge in [-0.15, -0.1) is 12.4 Å². The van der Waals surface area contributed by atoms with Crippen LogP contribution in [0, 0.1) is 5.92 Å². The van der Waals surface area contributed by atoms with E-state index in [9.17, 15) is 5.11 Å². The molecule has 2 saturated heterocycles. The van der Waals surface area contributed by atoms with E-state index in [2.05, 4.69) is 15.1 Å². The van der Waals surface area contributed by atoms with E-state index in [0.717, 1.165) is 25.6 Å². The number of nitrogens with one attached hydrogen (secondary N) is 1. The largest absolute Gasteiger partial charge is 0.392 e. The zero-order valence-electron chi connectivity index (χ0n) is 11.5. The summed E-state index contributed by atoms with van der Waals surface area (Å²) in [6.45, 7) is 11.0. The summed E-state index contributed by atoms with van der Waals surface area (Å²) in [5.41, 5.74) is 0. The first-order valence-electron chi connectivity index (χ1n) is 7.07. The molecule has 1 atom stereocenters. The molecule has 0 aromatic heterocycles. The van der Waals surface area contributed by atoms with Crippen LogP contribution in [0.5, 0.6) is 0 Å². The third-order valence-electron chi connectivity index (χ3n) is 3.96. The van der Waals surface area contributed by atoms with Crippen LogP contribution in [0.15, 0.2) is 0 Å². The van der Waals surface area contributed by atoms with Crippen molar-refractivity contribution in [3.63, 3.8) is 0 Å². The first-order valence-corrected chi connectivity index (χ1v) is 7.07. The number of hydrogen-bond acceptors (Lipinski definition) is 4. The number of β-amino-alcohol motifs (C(OH)–C–C–N with tert-alkyl or cyclic N) is 1. The van der Waals surface area contributed by atoms with Gasteiger partial charge in [0.25, 0.3) is 0 Å². The van der Waals surface area contributed by atoms with Crippen molar-refractivity contribution in [3.8, 4) is 0 Å². The average Bonchev–Trinajstić information content (AvgIpc) is 2.32. The van der Waals surface area contributed by atoms with Crippen LogP contribution in [0.2, 0.25) is 0 Å². The highest BCUT2D eigenvalue weighted by molar-refractivity contribution is 5.85. The number of hydrogen-bond donors (Lipinski definition) is 2. The Morgan fingerprint density at radius 1 is 1.11 bits per heavy atom. The molecule has 4 nitrogen and oxygen atoms in total. The number of nitrogens with zero attached hydrogens (tertiary/aromatic N) is 2. The van der Waals surface area contributed by atoms with Crippen molar-refractivity contribution in [1.82, 2.24) is 15.1 Å². The maximum absolute atomic E-state index is 9.37. The van der Waals surface area contributed by atoms with Crippen molar-refractivity contribution in [2.75, 3.05) is 52.4 Å². The summed E-state index contributed by atoms with van der Waals surface area (Å²) in [4.78, 5) is 4.98. The topological polar surface area (TPSA) is 38.7 Å². The highest BCUT2D eigenvalue weighted by Crippen LogP contribution is 2.14. The number of rotatable bonds is 4. The van der Waals surface area contributed by atoms with E-state index in [0.29, 0.717) is 0 Å². The molecule has 2 fully saturated rings. The Morgan fingerprint density at radius 3 is 2.22 bits per heavy atom. The van der Waals surface area contributed by atoms with Gasteiger partial charge >= 0.3 is 0 Å². The molecule has 0 amide bonds. The van der Waals surface area contributed by atoms with E-state index >= 15 is 0 Å². The lowest BCUT2D eigenvalue weighted by atomic mass is 9.97. The Bertz CT molecular complexity index is 214. The summed E-state index contributed by atoms with van der Waals surface area (Å²) < 4.78 is 0. The molecule has 0 aromatic carbocycles. The zero-order chi connectivity index (χ0) is 12.1. The highest BCUT2D eigenvalue weighted by atomic mass is 35.5. The molecular formula is C13H28ClN3O. The van der Waals surface area contributed by atoms with E-state index < -0.39 is 0 Å². The van der Waals surface area contributed by atoms with E-state index in [4.69, 9.17) is 0 Å². The fourth-order valence-electron chi connectivity index (χ4n) is 2.96. The summed E-state index contributed by atoms with van der Waals surface area (Å²) in [7, 11) is 0. The minimum absolute atomic E-state index is 0. The molecular weight excluding hydrogens is 250 g/mol. The van der Waals surface area contributed by atoms with Crippen LogP contribution in [0.25, 0.3) is 0 Å². The molecule has 0 spiro atoms. The van der Waals surface area contributed by atoms with Crippen LogP contribution in [-0.4, -0.2) is 73.4 Å². The molecule has 2 aliphatic heterocycles. The predicted octanol–water partition coefficient (Wildman–Crippen LogP) is 0.406. The van der Waals surface area contributed by atoms with Gasteiger partial charge in [0.1, 0.15) is 0 Å². The van der Waals surface area contributed by atoms with Crippen molar-refractivity contribution in [2.45, 2.75) is 25.9 Å². The molecule has 0 aliphatic carbocycles. The van der Waals surface area contributed by atoms with Gasteiger partial charge in [-0.1, -0.05) is 0 Å². The first kappa shape index (κ1) is 16.2. The third-order valence-corrected chi connectivity index (χ3v) is 3.96. The highest BCUT2D eigenvalue weighted by Gasteiger charge is 2.21. The molecule has 0 saturated carbocycles.